The number of allylic oxidation sites excluding steroid dienone is 2. The van der Waals surface area contributed by atoms with Crippen molar-refractivity contribution in [3.8, 4) is 0 Å². The van der Waals surface area contributed by atoms with Crippen molar-refractivity contribution in [3.63, 3.8) is 0 Å². The van der Waals surface area contributed by atoms with Crippen molar-refractivity contribution in [1.82, 2.24) is 9.80 Å². The molecule has 4 N–H and O–H groups in total. The fourth-order valence-corrected chi connectivity index (χ4v) is 8.05. The number of ether oxygens (including phenoxy) is 3. The Morgan fingerprint density at radius 3 is 2.42 bits per heavy atom. The molecule has 3 heterocycles. The molecule has 11 nitrogen and oxygen atoms in total. The van der Waals surface area contributed by atoms with E-state index in [1.165, 1.54) is 44.9 Å². The van der Waals surface area contributed by atoms with Crippen molar-refractivity contribution >= 4 is 12.1 Å². The lowest BCUT2D eigenvalue weighted by Crippen LogP contribution is -2.53. The predicted molar refractivity (Wildman–Crippen MR) is 200 cm³/mol. The number of aliphatic hydroxyl groups excluding tert-OH is 2. The number of amides is 1. The molecule has 2 saturated heterocycles. The molecular formula is C41H68N2O9. The van der Waals surface area contributed by atoms with Crippen LogP contribution in [0, 0.1) is 11.8 Å². The van der Waals surface area contributed by atoms with E-state index in [9.17, 15) is 30.0 Å². The molecule has 4 aliphatic rings. The Bertz CT molecular complexity index is 1230. The lowest BCUT2D eigenvalue weighted by Gasteiger charge is -2.40. The minimum Gasteiger partial charge on any atom is -0.457 e. The molecule has 0 spiro atoms. The molecule has 1 aliphatic carbocycles. The van der Waals surface area contributed by atoms with Crippen LogP contribution in [0.25, 0.3) is 0 Å². The number of cyclic esters (lactones) is 1. The van der Waals surface area contributed by atoms with Gasteiger partial charge in [-0.05, 0) is 64.5 Å². The third-order valence-electron chi connectivity index (χ3n) is 11.8. The van der Waals surface area contributed by atoms with E-state index in [1.807, 2.05) is 33.8 Å². The Balaban J connectivity index is 1.41. The first-order valence-electron chi connectivity index (χ1n) is 20.0. The van der Waals surface area contributed by atoms with E-state index in [2.05, 4.69) is 4.90 Å². The second kappa shape index (κ2) is 19.4. The maximum Gasteiger partial charge on any atom is 0.410 e. The number of rotatable bonds is 10. The fraction of sp³-hybridized carbons (Fsp3) is 0.805. The number of piperazine rings is 1. The maximum absolute atomic E-state index is 13.5. The van der Waals surface area contributed by atoms with Gasteiger partial charge in [-0.15, -0.1) is 0 Å². The molecular weight excluding hydrogens is 664 g/mol. The summed E-state index contributed by atoms with van der Waals surface area (Å²) in [5.41, 5.74) is -1.93. The van der Waals surface area contributed by atoms with Crippen LogP contribution in [-0.4, -0.2) is 122 Å². The third kappa shape index (κ3) is 12.7. The van der Waals surface area contributed by atoms with Gasteiger partial charge in [0, 0.05) is 50.5 Å². The first-order chi connectivity index (χ1) is 24.6. The lowest BCUT2D eigenvalue weighted by molar-refractivity contribution is -0.151. The second-order valence-electron chi connectivity index (χ2n) is 16.5. The van der Waals surface area contributed by atoms with Crippen LogP contribution in [0.2, 0.25) is 0 Å². The molecule has 3 fully saturated rings. The van der Waals surface area contributed by atoms with Gasteiger partial charge in [0.1, 0.15) is 11.7 Å². The normalized spacial score (nSPS) is 34.6. The summed E-state index contributed by atoms with van der Waals surface area (Å²) in [5.74, 6) is -0.936. The van der Waals surface area contributed by atoms with Crippen molar-refractivity contribution in [2.24, 2.45) is 11.8 Å². The van der Waals surface area contributed by atoms with Crippen LogP contribution < -0.4 is 0 Å². The van der Waals surface area contributed by atoms with Gasteiger partial charge in [-0.2, -0.15) is 0 Å². The zero-order chi connectivity index (χ0) is 38.1. The SMILES string of the molecule is CCC(O)C(C)C1OC1CC(C)(O)C=CC=C(C)C1OC(=O)CC(O)CCC(C)(O)C(OC(=O)N2CCN(C3CCCCCCC3)CC2)C=CC1C. The van der Waals surface area contributed by atoms with Crippen LogP contribution in [0.1, 0.15) is 119 Å². The molecule has 0 aromatic rings. The molecule has 0 aromatic heterocycles. The number of hydrogen-bond acceptors (Lipinski definition) is 10. The largest absolute Gasteiger partial charge is 0.457 e. The summed E-state index contributed by atoms with van der Waals surface area (Å²) in [7, 11) is 0. The summed E-state index contributed by atoms with van der Waals surface area (Å²) in [6, 6.07) is 0.574. The molecule has 10 unspecified atom stereocenters. The molecule has 3 aliphatic heterocycles. The monoisotopic (exact) mass is 732 g/mol. The van der Waals surface area contributed by atoms with Crippen LogP contribution in [-0.2, 0) is 19.0 Å². The highest BCUT2D eigenvalue weighted by molar-refractivity contribution is 5.70. The van der Waals surface area contributed by atoms with Gasteiger partial charge < -0.3 is 39.5 Å². The number of hydrogen-bond donors (Lipinski definition) is 4. The Hall–Kier alpha value is -2.28. The first kappa shape index (κ1) is 42.5. The van der Waals surface area contributed by atoms with Crippen molar-refractivity contribution in [2.45, 2.75) is 172 Å². The predicted octanol–water partition coefficient (Wildman–Crippen LogP) is 5.44. The van der Waals surface area contributed by atoms with E-state index in [0.29, 0.717) is 37.5 Å². The van der Waals surface area contributed by atoms with E-state index in [0.717, 1.165) is 13.1 Å². The zero-order valence-corrected chi connectivity index (χ0v) is 32.6. The molecule has 4 rings (SSSR count). The van der Waals surface area contributed by atoms with Crippen molar-refractivity contribution < 1.29 is 44.2 Å². The zero-order valence-electron chi connectivity index (χ0n) is 32.6. The molecule has 52 heavy (non-hydrogen) atoms. The van der Waals surface area contributed by atoms with E-state index in [-0.39, 0.29) is 43.3 Å². The number of aliphatic hydroxyl groups is 4. The Labute approximate surface area is 312 Å². The Morgan fingerprint density at radius 1 is 1.12 bits per heavy atom. The van der Waals surface area contributed by atoms with Crippen molar-refractivity contribution in [3.05, 3.63) is 36.0 Å². The number of epoxide rings is 1. The van der Waals surface area contributed by atoms with E-state index in [4.69, 9.17) is 14.2 Å². The average Bonchev–Trinajstić information content (AvgIpc) is 3.84. The van der Waals surface area contributed by atoms with Gasteiger partial charge >= 0.3 is 12.1 Å². The Morgan fingerprint density at radius 2 is 1.77 bits per heavy atom. The van der Waals surface area contributed by atoms with E-state index in [1.54, 1.807) is 43.1 Å². The summed E-state index contributed by atoms with van der Waals surface area (Å²) in [4.78, 5) is 30.7. The average molecular weight is 733 g/mol. The summed E-state index contributed by atoms with van der Waals surface area (Å²) >= 11 is 0. The summed E-state index contributed by atoms with van der Waals surface area (Å²) in [5, 5.41) is 43.5. The van der Waals surface area contributed by atoms with Crippen LogP contribution >= 0.6 is 0 Å². The van der Waals surface area contributed by atoms with Gasteiger partial charge in [0.15, 0.2) is 6.10 Å². The second-order valence-corrected chi connectivity index (χ2v) is 16.5. The lowest BCUT2D eigenvalue weighted by atomic mass is 9.88. The quantitative estimate of drug-likeness (QED) is 0.0989. The number of nitrogens with zero attached hydrogens (tertiary/aromatic N) is 2. The standard InChI is InChI=1S/C41H68N2O9/c1-7-33(45)30(4)38-34(50-38)27-40(5,48)20-13-14-28(2)37-29(3)17-18-35(41(6,49)21-19-32(44)26-36(46)52-37)51-39(47)43-24-22-42(23-25-43)31-15-11-9-8-10-12-16-31/h13-14,17-18,20,29-35,37-38,44-45,48-49H,7-12,15-16,19,21-27H2,1-6H3. The highest BCUT2D eigenvalue weighted by Crippen LogP contribution is 2.37. The van der Waals surface area contributed by atoms with Gasteiger partial charge in [0.2, 0.25) is 0 Å². The molecule has 11 heteroatoms. The number of carbonyl (C=O) groups is 2. The van der Waals surface area contributed by atoms with Crippen LogP contribution in [0.4, 0.5) is 4.79 Å². The van der Waals surface area contributed by atoms with Gasteiger partial charge in [0.05, 0.1) is 36.4 Å². The van der Waals surface area contributed by atoms with E-state index < -0.39 is 47.7 Å². The number of carbonyl (C=O) groups excluding carboxylic acids is 2. The van der Waals surface area contributed by atoms with Crippen molar-refractivity contribution in [1.29, 1.82) is 0 Å². The smallest absolute Gasteiger partial charge is 0.410 e. The van der Waals surface area contributed by atoms with Crippen LogP contribution in [0.15, 0.2) is 36.0 Å². The fourth-order valence-electron chi connectivity index (χ4n) is 8.05. The minimum atomic E-state index is -1.48. The third-order valence-corrected chi connectivity index (χ3v) is 11.8. The molecule has 10 atom stereocenters. The van der Waals surface area contributed by atoms with E-state index >= 15 is 0 Å². The summed E-state index contributed by atoms with van der Waals surface area (Å²) < 4.78 is 17.7. The topological polar surface area (TPSA) is 153 Å². The van der Waals surface area contributed by atoms with Crippen LogP contribution in [0.3, 0.4) is 0 Å². The maximum atomic E-state index is 13.5. The highest BCUT2D eigenvalue weighted by Gasteiger charge is 2.47. The summed E-state index contributed by atoms with van der Waals surface area (Å²) in [6.45, 7) is 13.7. The first-order valence-corrected chi connectivity index (χ1v) is 20.0. The minimum absolute atomic E-state index is 0.0105. The van der Waals surface area contributed by atoms with Gasteiger partial charge in [0.25, 0.3) is 0 Å². The van der Waals surface area contributed by atoms with Gasteiger partial charge in [-0.25, -0.2) is 4.79 Å². The molecule has 1 amide bonds. The van der Waals surface area contributed by atoms with Gasteiger partial charge in [-0.3, -0.25) is 9.69 Å². The molecule has 0 radical (unpaired) electrons. The number of esters is 1. The highest BCUT2D eigenvalue weighted by atomic mass is 16.6. The molecule has 0 bridgehead atoms. The molecule has 1 saturated carbocycles. The van der Waals surface area contributed by atoms with Gasteiger partial charge in [-0.1, -0.05) is 77.2 Å². The van der Waals surface area contributed by atoms with Crippen molar-refractivity contribution in [2.75, 3.05) is 26.2 Å². The summed E-state index contributed by atoms with van der Waals surface area (Å²) in [6.07, 6.45) is 14.8. The molecule has 296 valence electrons. The Kier molecular flexibility index (Phi) is 15.8. The molecule has 0 aromatic carbocycles. The van der Waals surface area contributed by atoms with Crippen LogP contribution in [0.5, 0.6) is 0 Å².